The molecule has 2 nitrogen and oxygen atoms in total. The Balaban J connectivity index is 1.71. The van der Waals surface area contributed by atoms with Crippen LogP contribution in [0.4, 0.5) is 0 Å². The minimum atomic E-state index is 0.474. The van der Waals surface area contributed by atoms with E-state index in [0.29, 0.717) is 18.2 Å². The summed E-state index contributed by atoms with van der Waals surface area (Å²) in [6.45, 7) is 4.46. The highest BCUT2D eigenvalue weighted by Gasteiger charge is 2.24. The molecule has 1 fully saturated rings. The van der Waals surface area contributed by atoms with Gasteiger partial charge in [0.1, 0.15) is 0 Å². The van der Waals surface area contributed by atoms with Crippen molar-refractivity contribution in [1.82, 2.24) is 5.32 Å². The summed E-state index contributed by atoms with van der Waals surface area (Å²) in [6, 6.07) is 10.1. The van der Waals surface area contributed by atoms with E-state index in [1.165, 1.54) is 36.8 Å². The normalized spacial score (nSPS) is 24.6. The summed E-state index contributed by atoms with van der Waals surface area (Å²) in [7, 11) is 1.83. The minimum Gasteiger partial charge on any atom is -0.381 e. The number of hydrogen-bond acceptors (Lipinski definition) is 2. The van der Waals surface area contributed by atoms with Gasteiger partial charge in [0, 0.05) is 19.2 Å². The predicted octanol–water partition coefficient (Wildman–Crippen LogP) is 3.47. The molecule has 0 saturated heterocycles. The van der Waals surface area contributed by atoms with E-state index in [-0.39, 0.29) is 0 Å². The van der Waals surface area contributed by atoms with Crippen LogP contribution in [0, 0.1) is 6.92 Å². The molecule has 106 valence electrons. The smallest absolute Gasteiger partial charge is 0.0586 e. The van der Waals surface area contributed by atoms with Crippen LogP contribution in [-0.4, -0.2) is 25.3 Å². The molecule has 0 bridgehead atoms. The van der Waals surface area contributed by atoms with Crippen molar-refractivity contribution in [1.29, 1.82) is 0 Å². The molecule has 0 spiro atoms. The van der Waals surface area contributed by atoms with Gasteiger partial charge in [-0.3, -0.25) is 0 Å². The Bertz CT molecular complexity index is 391. The average molecular weight is 261 g/mol. The van der Waals surface area contributed by atoms with Crippen molar-refractivity contribution in [2.24, 2.45) is 0 Å². The van der Waals surface area contributed by atoms with Crippen LogP contribution in [0.25, 0.3) is 0 Å². The number of rotatable bonds is 6. The Morgan fingerprint density at radius 2 is 2.21 bits per heavy atom. The minimum absolute atomic E-state index is 0.474. The fourth-order valence-corrected chi connectivity index (χ4v) is 3.04. The molecule has 1 aromatic carbocycles. The molecule has 1 N–H and O–H groups in total. The highest BCUT2D eigenvalue weighted by atomic mass is 16.5. The van der Waals surface area contributed by atoms with E-state index < -0.39 is 0 Å². The molecule has 3 atom stereocenters. The summed E-state index contributed by atoms with van der Waals surface area (Å²) in [4.78, 5) is 0. The van der Waals surface area contributed by atoms with Gasteiger partial charge < -0.3 is 10.1 Å². The number of benzene rings is 1. The molecule has 1 saturated carbocycles. The van der Waals surface area contributed by atoms with Crippen molar-refractivity contribution >= 4 is 0 Å². The third-order valence-corrected chi connectivity index (χ3v) is 4.19. The Morgan fingerprint density at radius 1 is 1.37 bits per heavy atom. The summed E-state index contributed by atoms with van der Waals surface area (Å²) >= 11 is 0. The van der Waals surface area contributed by atoms with Gasteiger partial charge in [0.15, 0.2) is 0 Å². The number of nitrogens with one attached hydrogen (secondary N) is 1. The standard InChI is InChI=1S/C17H27NO/c1-13-5-4-6-15(11-13)8-7-14(2)18-16-9-10-17(12-16)19-3/h4-6,11,14,16-18H,7-10,12H2,1-3H3. The van der Waals surface area contributed by atoms with Crippen LogP contribution in [0.2, 0.25) is 0 Å². The zero-order valence-electron chi connectivity index (χ0n) is 12.5. The molecular weight excluding hydrogens is 234 g/mol. The van der Waals surface area contributed by atoms with Gasteiger partial charge in [-0.25, -0.2) is 0 Å². The number of aryl methyl sites for hydroxylation is 2. The Hall–Kier alpha value is -0.860. The summed E-state index contributed by atoms with van der Waals surface area (Å²) in [5, 5.41) is 3.75. The first kappa shape index (κ1) is 14.5. The molecule has 2 heteroatoms. The Labute approximate surface area is 117 Å². The van der Waals surface area contributed by atoms with Gasteiger partial charge in [0.05, 0.1) is 6.10 Å². The molecule has 1 aliphatic rings. The van der Waals surface area contributed by atoms with E-state index in [0.717, 1.165) is 6.42 Å². The zero-order chi connectivity index (χ0) is 13.7. The summed E-state index contributed by atoms with van der Waals surface area (Å²) in [5.41, 5.74) is 2.81. The summed E-state index contributed by atoms with van der Waals surface area (Å²) < 4.78 is 5.43. The SMILES string of the molecule is COC1CCC(NC(C)CCc2cccc(C)c2)C1. The van der Waals surface area contributed by atoms with Crippen LogP contribution < -0.4 is 5.32 Å². The lowest BCUT2D eigenvalue weighted by molar-refractivity contribution is 0.106. The van der Waals surface area contributed by atoms with Crippen LogP contribution in [-0.2, 0) is 11.2 Å². The number of methoxy groups -OCH3 is 1. The van der Waals surface area contributed by atoms with Gasteiger partial charge in [-0.15, -0.1) is 0 Å². The topological polar surface area (TPSA) is 21.3 Å². The maximum absolute atomic E-state index is 5.43. The Kier molecular flexibility index (Phi) is 5.41. The Morgan fingerprint density at radius 3 is 2.89 bits per heavy atom. The first-order valence-corrected chi connectivity index (χ1v) is 7.51. The second-order valence-electron chi connectivity index (χ2n) is 5.96. The second kappa shape index (κ2) is 7.06. The lowest BCUT2D eigenvalue weighted by Gasteiger charge is -2.19. The van der Waals surface area contributed by atoms with E-state index in [1.807, 2.05) is 7.11 Å². The zero-order valence-corrected chi connectivity index (χ0v) is 12.5. The fourth-order valence-electron chi connectivity index (χ4n) is 3.04. The quantitative estimate of drug-likeness (QED) is 0.846. The fraction of sp³-hybridized carbons (Fsp3) is 0.647. The monoisotopic (exact) mass is 261 g/mol. The predicted molar refractivity (Wildman–Crippen MR) is 80.5 cm³/mol. The third-order valence-electron chi connectivity index (χ3n) is 4.19. The van der Waals surface area contributed by atoms with Gasteiger partial charge >= 0.3 is 0 Å². The van der Waals surface area contributed by atoms with Gasteiger partial charge in [-0.1, -0.05) is 29.8 Å². The highest BCUT2D eigenvalue weighted by Crippen LogP contribution is 2.22. The van der Waals surface area contributed by atoms with Crippen LogP contribution >= 0.6 is 0 Å². The lowest BCUT2D eigenvalue weighted by atomic mass is 10.0. The molecule has 19 heavy (non-hydrogen) atoms. The van der Waals surface area contributed by atoms with Crippen molar-refractivity contribution < 1.29 is 4.74 Å². The van der Waals surface area contributed by atoms with E-state index in [1.54, 1.807) is 0 Å². The molecule has 0 aliphatic heterocycles. The summed E-state index contributed by atoms with van der Waals surface area (Å²) in [5.74, 6) is 0. The van der Waals surface area contributed by atoms with Gasteiger partial charge in [0.25, 0.3) is 0 Å². The maximum atomic E-state index is 5.43. The maximum Gasteiger partial charge on any atom is 0.0586 e. The third kappa shape index (κ3) is 4.63. The van der Waals surface area contributed by atoms with Crippen molar-refractivity contribution in [3.8, 4) is 0 Å². The molecule has 2 rings (SSSR count). The number of ether oxygens (including phenoxy) is 1. The van der Waals surface area contributed by atoms with Crippen molar-refractivity contribution in [2.75, 3.05) is 7.11 Å². The van der Waals surface area contributed by atoms with E-state index in [9.17, 15) is 0 Å². The molecule has 0 aromatic heterocycles. The second-order valence-corrected chi connectivity index (χ2v) is 5.96. The highest BCUT2D eigenvalue weighted by molar-refractivity contribution is 5.22. The van der Waals surface area contributed by atoms with Crippen molar-refractivity contribution in [3.63, 3.8) is 0 Å². The first-order valence-electron chi connectivity index (χ1n) is 7.51. The summed E-state index contributed by atoms with van der Waals surface area (Å²) in [6.07, 6.45) is 6.48. The van der Waals surface area contributed by atoms with Crippen LogP contribution in [0.1, 0.15) is 43.7 Å². The molecule has 0 heterocycles. The largest absolute Gasteiger partial charge is 0.381 e. The molecule has 0 radical (unpaired) electrons. The van der Waals surface area contributed by atoms with Gasteiger partial charge in [-0.2, -0.15) is 0 Å². The first-order chi connectivity index (χ1) is 9.17. The van der Waals surface area contributed by atoms with E-state index >= 15 is 0 Å². The molecular formula is C17H27NO. The molecule has 1 aliphatic carbocycles. The molecule has 3 unspecified atom stereocenters. The van der Waals surface area contributed by atoms with E-state index in [4.69, 9.17) is 4.74 Å². The van der Waals surface area contributed by atoms with Crippen molar-refractivity contribution in [2.45, 2.75) is 64.1 Å². The van der Waals surface area contributed by atoms with Gasteiger partial charge in [-0.05, 0) is 51.5 Å². The molecule has 0 amide bonds. The average Bonchev–Trinajstić information content (AvgIpc) is 2.84. The van der Waals surface area contributed by atoms with Crippen molar-refractivity contribution in [3.05, 3.63) is 35.4 Å². The van der Waals surface area contributed by atoms with Crippen LogP contribution in [0.3, 0.4) is 0 Å². The van der Waals surface area contributed by atoms with Crippen LogP contribution in [0.5, 0.6) is 0 Å². The van der Waals surface area contributed by atoms with Gasteiger partial charge in [0.2, 0.25) is 0 Å². The van der Waals surface area contributed by atoms with Crippen LogP contribution in [0.15, 0.2) is 24.3 Å². The lowest BCUT2D eigenvalue weighted by Crippen LogP contribution is -2.35. The number of hydrogen-bond donors (Lipinski definition) is 1. The molecule has 1 aromatic rings. The van der Waals surface area contributed by atoms with E-state index in [2.05, 4.69) is 43.4 Å².